The summed E-state index contributed by atoms with van der Waals surface area (Å²) >= 11 is 0. The number of carbonyl (C=O) groups is 3. The number of anilines is 2. The number of nitrogens with one attached hydrogen (secondary N) is 1. The predicted molar refractivity (Wildman–Crippen MR) is 99.5 cm³/mol. The van der Waals surface area contributed by atoms with Crippen molar-refractivity contribution >= 4 is 29.2 Å². The van der Waals surface area contributed by atoms with Gasteiger partial charge in [0.25, 0.3) is 5.91 Å². The first-order chi connectivity index (χ1) is 13.4. The molecule has 0 aliphatic carbocycles. The number of benzene rings is 2. The highest BCUT2D eigenvalue weighted by Crippen LogP contribution is 2.31. The van der Waals surface area contributed by atoms with Gasteiger partial charge < -0.3 is 19.7 Å². The van der Waals surface area contributed by atoms with Gasteiger partial charge in [0, 0.05) is 12.5 Å². The zero-order valence-electron chi connectivity index (χ0n) is 15.2. The lowest BCUT2D eigenvalue weighted by molar-refractivity contribution is -0.149. The molecule has 1 N–H and O–H groups in total. The first-order valence-electron chi connectivity index (χ1n) is 8.69. The Morgan fingerprint density at radius 2 is 1.86 bits per heavy atom. The van der Waals surface area contributed by atoms with Crippen molar-refractivity contribution in [2.24, 2.45) is 0 Å². The van der Waals surface area contributed by atoms with E-state index < -0.39 is 36.9 Å². The summed E-state index contributed by atoms with van der Waals surface area (Å²) in [5.74, 6) is -1.49. The van der Waals surface area contributed by atoms with Gasteiger partial charge in [0.1, 0.15) is 11.6 Å². The lowest BCUT2D eigenvalue weighted by Gasteiger charge is -2.27. The van der Waals surface area contributed by atoms with Gasteiger partial charge in [-0.2, -0.15) is 0 Å². The van der Waals surface area contributed by atoms with Crippen molar-refractivity contribution in [1.82, 2.24) is 0 Å². The van der Waals surface area contributed by atoms with Gasteiger partial charge in [-0.05, 0) is 43.3 Å². The van der Waals surface area contributed by atoms with Crippen molar-refractivity contribution < 1.29 is 28.2 Å². The van der Waals surface area contributed by atoms with Crippen molar-refractivity contribution in [3.05, 3.63) is 54.3 Å². The number of fused-ring (bicyclic) bond motifs is 1. The number of esters is 1. The molecule has 1 heterocycles. The topological polar surface area (TPSA) is 84.9 Å². The Bertz CT molecular complexity index is 884. The summed E-state index contributed by atoms with van der Waals surface area (Å²) < 4.78 is 23.0. The molecule has 0 spiro atoms. The molecule has 28 heavy (non-hydrogen) atoms. The fourth-order valence-electron chi connectivity index (χ4n) is 2.89. The first-order valence-corrected chi connectivity index (χ1v) is 8.69. The molecule has 3 rings (SSSR count). The van der Waals surface area contributed by atoms with E-state index in [-0.39, 0.29) is 12.3 Å². The van der Waals surface area contributed by atoms with Gasteiger partial charge in [-0.3, -0.25) is 9.59 Å². The fraction of sp³-hybridized carbons (Fsp3) is 0.250. The summed E-state index contributed by atoms with van der Waals surface area (Å²) in [5.41, 5.74) is 1.07. The third kappa shape index (κ3) is 4.64. The van der Waals surface area contributed by atoms with E-state index in [1.54, 1.807) is 31.2 Å². The Labute approximate surface area is 161 Å². The molecule has 0 bridgehead atoms. The van der Waals surface area contributed by atoms with Crippen LogP contribution in [0, 0.1) is 5.82 Å². The third-order valence-corrected chi connectivity index (χ3v) is 4.15. The van der Waals surface area contributed by atoms with Gasteiger partial charge in [-0.15, -0.1) is 0 Å². The first kappa shape index (κ1) is 19.3. The average molecular weight is 386 g/mol. The molecular weight excluding hydrogens is 367 g/mol. The lowest BCUT2D eigenvalue weighted by atomic mass is 10.1. The summed E-state index contributed by atoms with van der Waals surface area (Å²) in [6, 6.07) is 11.7. The Hall–Kier alpha value is -3.42. The molecular formula is C20H19FN2O5. The zero-order valence-corrected chi connectivity index (χ0v) is 15.2. The van der Waals surface area contributed by atoms with Crippen LogP contribution >= 0.6 is 0 Å². The second kappa shape index (κ2) is 8.51. The quantitative estimate of drug-likeness (QED) is 0.798. The Morgan fingerprint density at radius 3 is 2.61 bits per heavy atom. The molecule has 146 valence electrons. The van der Waals surface area contributed by atoms with E-state index in [0.717, 1.165) is 0 Å². The zero-order chi connectivity index (χ0) is 20.1. The van der Waals surface area contributed by atoms with Crippen molar-refractivity contribution in [2.45, 2.75) is 19.4 Å². The predicted octanol–water partition coefficient (Wildman–Crippen LogP) is 2.51. The number of para-hydroxylation sites is 2. The minimum atomic E-state index is -0.734. The van der Waals surface area contributed by atoms with Crippen LogP contribution in [0.1, 0.15) is 13.3 Å². The minimum Gasteiger partial charge on any atom is -0.482 e. The van der Waals surface area contributed by atoms with Crippen LogP contribution in [-0.2, 0) is 19.1 Å². The van der Waals surface area contributed by atoms with Crippen molar-refractivity contribution in [3.63, 3.8) is 0 Å². The standard InChI is InChI=1S/C20H19FN2O5/c1-13-10-18(24)22-16-4-2-3-5-17(16)23(13)19(25)11-28-20(26)12-27-15-8-6-14(21)7-9-15/h2-9,13H,10-12H2,1H3,(H,22,24)/t13-/m0/s1. The van der Waals surface area contributed by atoms with Crippen LogP contribution in [0.15, 0.2) is 48.5 Å². The molecule has 1 aliphatic heterocycles. The van der Waals surface area contributed by atoms with Gasteiger partial charge in [0.2, 0.25) is 5.91 Å². The Kier molecular flexibility index (Phi) is 5.88. The summed E-state index contributed by atoms with van der Waals surface area (Å²) in [6.07, 6.45) is 0.127. The summed E-state index contributed by atoms with van der Waals surface area (Å²) in [6.45, 7) is 0.850. The largest absolute Gasteiger partial charge is 0.482 e. The number of nitrogens with zero attached hydrogens (tertiary/aromatic N) is 1. The molecule has 0 radical (unpaired) electrons. The normalized spacial score (nSPS) is 15.9. The smallest absolute Gasteiger partial charge is 0.344 e. The second-order valence-electron chi connectivity index (χ2n) is 6.29. The molecule has 8 heteroatoms. The number of amides is 2. The molecule has 0 unspecified atom stereocenters. The van der Waals surface area contributed by atoms with Crippen LogP contribution in [0.3, 0.4) is 0 Å². The van der Waals surface area contributed by atoms with Crippen molar-refractivity contribution in [1.29, 1.82) is 0 Å². The molecule has 0 aromatic heterocycles. The highest BCUT2D eigenvalue weighted by molar-refractivity contribution is 6.05. The molecule has 0 fully saturated rings. The molecule has 0 saturated heterocycles. The summed E-state index contributed by atoms with van der Waals surface area (Å²) in [5, 5.41) is 2.76. The number of ether oxygens (including phenoxy) is 2. The van der Waals surface area contributed by atoms with E-state index in [0.29, 0.717) is 17.1 Å². The van der Waals surface area contributed by atoms with E-state index in [1.807, 2.05) is 0 Å². The summed E-state index contributed by atoms with van der Waals surface area (Å²) in [7, 11) is 0. The number of rotatable bonds is 5. The van der Waals surface area contributed by atoms with Crippen LogP contribution in [0.5, 0.6) is 5.75 Å². The maximum atomic E-state index is 12.8. The minimum absolute atomic E-state index is 0.127. The van der Waals surface area contributed by atoms with Gasteiger partial charge in [0.05, 0.1) is 11.4 Å². The van der Waals surface area contributed by atoms with Crippen LogP contribution in [0.25, 0.3) is 0 Å². The van der Waals surface area contributed by atoms with E-state index >= 15 is 0 Å². The number of halogens is 1. The van der Waals surface area contributed by atoms with Crippen LogP contribution < -0.4 is 15.0 Å². The molecule has 7 nitrogen and oxygen atoms in total. The highest BCUT2D eigenvalue weighted by Gasteiger charge is 2.30. The van der Waals surface area contributed by atoms with Crippen LogP contribution in [-0.4, -0.2) is 37.0 Å². The number of hydrogen-bond donors (Lipinski definition) is 1. The Balaban J connectivity index is 1.59. The lowest BCUT2D eigenvalue weighted by Crippen LogP contribution is -2.41. The molecule has 2 aromatic carbocycles. The molecule has 2 amide bonds. The maximum absolute atomic E-state index is 12.8. The molecule has 1 atom stereocenters. The second-order valence-corrected chi connectivity index (χ2v) is 6.29. The van der Waals surface area contributed by atoms with E-state index in [9.17, 15) is 18.8 Å². The van der Waals surface area contributed by atoms with E-state index in [4.69, 9.17) is 9.47 Å². The molecule has 2 aromatic rings. The maximum Gasteiger partial charge on any atom is 0.344 e. The van der Waals surface area contributed by atoms with Gasteiger partial charge in [-0.1, -0.05) is 12.1 Å². The SMILES string of the molecule is C[C@H]1CC(=O)Nc2ccccc2N1C(=O)COC(=O)COc1ccc(F)cc1. The number of carbonyl (C=O) groups excluding carboxylic acids is 3. The fourth-order valence-corrected chi connectivity index (χ4v) is 2.89. The van der Waals surface area contributed by atoms with Crippen LogP contribution in [0.4, 0.5) is 15.8 Å². The molecule has 1 aliphatic rings. The van der Waals surface area contributed by atoms with Crippen molar-refractivity contribution in [3.8, 4) is 5.75 Å². The van der Waals surface area contributed by atoms with E-state index in [1.165, 1.54) is 29.2 Å². The number of hydrogen-bond acceptors (Lipinski definition) is 5. The van der Waals surface area contributed by atoms with Crippen molar-refractivity contribution in [2.75, 3.05) is 23.4 Å². The van der Waals surface area contributed by atoms with E-state index in [2.05, 4.69) is 5.32 Å². The summed E-state index contributed by atoms with van der Waals surface area (Å²) in [4.78, 5) is 37.9. The highest BCUT2D eigenvalue weighted by atomic mass is 19.1. The third-order valence-electron chi connectivity index (χ3n) is 4.15. The van der Waals surface area contributed by atoms with Gasteiger partial charge in [-0.25, -0.2) is 9.18 Å². The average Bonchev–Trinajstić information content (AvgIpc) is 2.79. The van der Waals surface area contributed by atoms with Gasteiger partial charge in [0.15, 0.2) is 13.2 Å². The van der Waals surface area contributed by atoms with Crippen LogP contribution in [0.2, 0.25) is 0 Å². The van der Waals surface area contributed by atoms with Gasteiger partial charge >= 0.3 is 5.97 Å². The molecule has 0 saturated carbocycles. The monoisotopic (exact) mass is 386 g/mol. The Morgan fingerprint density at radius 1 is 1.14 bits per heavy atom.